The minimum atomic E-state index is 0.936. The Balaban J connectivity index is 1.93. The van der Waals surface area contributed by atoms with E-state index in [1.807, 2.05) is 0 Å². The van der Waals surface area contributed by atoms with Gasteiger partial charge in [-0.3, -0.25) is 0 Å². The molecule has 1 aliphatic rings. The monoisotopic (exact) mass is 310 g/mol. The molecule has 0 spiro atoms. The van der Waals surface area contributed by atoms with Crippen LogP contribution in [0.5, 0.6) is 0 Å². The van der Waals surface area contributed by atoms with Crippen molar-refractivity contribution in [2.45, 2.75) is 25.1 Å². The van der Waals surface area contributed by atoms with Crippen LogP contribution in [0.1, 0.15) is 24.0 Å². The number of nitrogens with zero attached hydrogens (tertiary/aromatic N) is 2. The lowest BCUT2D eigenvalue weighted by atomic mass is 10.1. The molecule has 0 N–H and O–H groups in total. The summed E-state index contributed by atoms with van der Waals surface area (Å²) in [6.45, 7) is 7.09. The van der Waals surface area contributed by atoms with Gasteiger partial charge >= 0.3 is 0 Å². The Hall–Kier alpha value is -0.540. The molecular formula is C15H23BrN2. The van der Waals surface area contributed by atoms with Gasteiger partial charge in [0.1, 0.15) is 0 Å². The molecule has 1 aromatic rings. The van der Waals surface area contributed by atoms with Crippen LogP contribution in [0.25, 0.3) is 0 Å². The van der Waals surface area contributed by atoms with Crippen LogP contribution in [0.4, 0.5) is 5.69 Å². The Morgan fingerprint density at radius 2 is 2.00 bits per heavy atom. The zero-order chi connectivity index (χ0) is 13.0. The second-order valence-corrected chi connectivity index (χ2v) is 5.79. The molecule has 0 aromatic heterocycles. The van der Waals surface area contributed by atoms with E-state index < -0.39 is 0 Å². The summed E-state index contributed by atoms with van der Waals surface area (Å²) in [6.07, 6.45) is 2.76. The Morgan fingerprint density at radius 1 is 1.28 bits per heavy atom. The molecule has 1 heterocycles. The predicted octanol–water partition coefficient (Wildman–Crippen LogP) is 3.42. The van der Waals surface area contributed by atoms with E-state index in [-0.39, 0.29) is 0 Å². The number of halogens is 1. The fourth-order valence-electron chi connectivity index (χ4n) is 2.65. The number of aryl methyl sites for hydroxylation is 1. The number of rotatable bonds is 5. The van der Waals surface area contributed by atoms with E-state index in [1.165, 1.54) is 49.3 Å². The number of likely N-dealkylation sites (N-methyl/N-ethyl adjacent to an activating group) is 1. The number of benzene rings is 1. The van der Waals surface area contributed by atoms with Gasteiger partial charge < -0.3 is 9.80 Å². The predicted molar refractivity (Wildman–Crippen MR) is 82.8 cm³/mol. The summed E-state index contributed by atoms with van der Waals surface area (Å²) in [7, 11) is 2.20. The van der Waals surface area contributed by atoms with Crippen molar-refractivity contribution in [3.05, 3.63) is 29.3 Å². The maximum atomic E-state index is 3.51. The highest BCUT2D eigenvalue weighted by Gasteiger charge is 2.12. The lowest BCUT2D eigenvalue weighted by molar-refractivity contribution is 0.346. The third-order valence-electron chi connectivity index (χ3n) is 3.78. The van der Waals surface area contributed by atoms with E-state index in [1.54, 1.807) is 0 Å². The molecule has 0 aliphatic carbocycles. The molecule has 100 valence electrons. The first-order chi connectivity index (χ1) is 8.70. The van der Waals surface area contributed by atoms with Gasteiger partial charge in [-0.1, -0.05) is 28.1 Å². The van der Waals surface area contributed by atoms with Crippen LogP contribution < -0.4 is 4.90 Å². The van der Waals surface area contributed by atoms with E-state index in [2.05, 4.69) is 57.9 Å². The Morgan fingerprint density at radius 3 is 2.61 bits per heavy atom. The Kier molecular flexibility index (Phi) is 5.07. The molecule has 1 saturated heterocycles. The zero-order valence-electron chi connectivity index (χ0n) is 11.5. The SMILES string of the molecule is Cc1cc(CBr)ccc1N(C)CCN1CCCC1. The van der Waals surface area contributed by atoms with Gasteiger partial charge in [0, 0.05) is 31.2 Å². The minimum Gasteiger partial charge on any atom is -0.373 e. The smallest absolute Gasteiger partial charge is 0.0393 e. The summed E-state index contributed by atoms with van der Waals surface area (Å²) in [5.41, 5.74) is 4.08. The fourth-order valence-corrected chi connectivity index (χ4v) is 3.00. The highest BCUT2D eigenvalue weighted by atomic mass is 79.9. The molecule has 1 fully saturated rings. The van der Waals surface area contributed by atoms with Gasteiger partial charge in [0.15, 0.2) is 0 Å². The number of likely N-dealkylation sites (tertiary alicyclic amines) is 1. The molecule has 2 nitrogen and oxygen atoms in total. The molecule has 0 amide bonds. The molecule has 0 saturated carbocycles. The lowest BCUT2D eigenvalue weighted by Gasteiger charge is -2.24. The van der Waals surface area contributed by atoms with Crippen molar-refractivity contribution in [2.75, 3.05) is 38.1 Å². The molecule has 1 aliphatic heterocycles. The quantitative estimate of drug-likeness (QED) is 0.769. The summed E-state index contributed by atoms with van der Waals surface area (Å²) in [5.74, 6) is 0. The van der Waals surface area contributed by atoms with Crippen molar-refractivity contribution in [1.82, 2.24) is 4.90 Å². The summed E-state index contributed by atoms with van der Waals surface area (Å²) < 4.78 is 0. The highest BCUT2D eigenvalue weighted by molar-refractivity contribution is 9.08. The van der Waals surface area contributed by atoms with Crippen LogP contribution in [-0.2, 0) is 5.33 Å². The maximum Gasteiger partial charge on any atom is 0.0393 e. The number of anilines is 1. The first kappa shape index (κ1) is 13.9. The van der Waals surface area contributed by atoms with Gasteiger partial charge in [0.2, 0.25) is 0 Å². The van der Waals surface area contributed by atoms with Crippen LogP contribution in [0.3, 0.4) is 0 Å². The normalized spacial score (nSPS) is 16.2. The first-order valence-electron chi connectivity index (χ1n) is 6.79. The molecule has 0 bridgehead atoms. The Bertz CT molecular complexity index is 386. The maximum absolute atomic E-state index is 3.51. The zero-order valence-corrected chi connectivity index (χ0v) is 13.0. The van der Waals surface area contributed by atoms with Crippen molar-refractivity contribution < 1.29 is 0 Å². The summed E-state index contributed by atoms with van der Waals surface area (Å²) in [4.78, 5) is 4.95. The van der Waals surface area contributed by atoms with Gasteiger partial charge in [0.25, 0.3) is 0 Å². The number of alkyl halides is 1. The number of hydrogen-bond acceptors (Lipinski definition) is 2. The average Bonchev–Trinajstić information content (AvgIpc) is 2.88. The molecule has 3 heteroatoms. The van der Waals surface area contributed by atoms with Crippen LogP contribution in [-0.4, -0.2) is 38.1 Å². The van der Waals surface area contributed by atoms with E-state index in [9.17, 15) is 0 Å². The van der Waals surface area contributed by atoms with E-state index in [4.69, 9.17) is 0 Å². The fraction of sp³-hybridized carbons (Fsp3) is 0.600. The first-order valence-corrected chi connectivity index (χ1v) is 7.92. The standard InChI is InChI=1S/C15H23BrN2/c1-13-11-14(12-16)5-6-15(13)17(2)9-10-18-7-3-4-8-18/h5-6,11H,3-4,7-10,12H2,1-2H3. The topological polar surface area (TPSA) is 6.48 Å². The van der Waals surface area contributed by atoms with E-state index in [0.29, 0.717) is 0 Å². The van der Waals surface area contributed by atoms with Crippen molar-refractivity contribution in [3.8, 4) is 0 Å². The van der Waals surface area contributed by atoms with Gasteiger partial charge in [-0.2, -0.15) is 0 Å². The molecule has 2 rings (SSSR count). The molecule has 0 unspecified atom stereocenters. The van der Waals surface area contributed by atoms with Crippen molar-refractivity contribution in [1.29, 1.82) is 0 Å². The summed E-state index contributed by atoms with van der Waals surface area (Å²) >= 11 is 3.51. The van der Waals surface area contributed by atoms with Gasteiger partial charge in [-0.05, 0) is 50.0 Å². The minimum absolute atomic E-state index is 0.936. The van der Waals surface area contributed by atoms with Crippen molar-refractivity contribution in [3.63, 3.8) is 0 Å². The Labute approximate surface area is 119 Å². The molecule has 18 heavy (non-hydrogen) atoms. The van der Waals surface area contributed by atoms with Gasteiger partial charge in [0.05, 0.1) is 0 Å². The second kappa shape index (κ2) is 6.58. The largest absolute Gasteiger partial charge is 0.373 e. The second-order valence-electron chi connectivity index (χ2n) is 5.22. The summed E-state index contributed by atoms with van der Waals surface area (Å²) in [6, 6.07) is 6.73. The average molecular weight is 311 g/mol. The van der Waals surface area contributed by atoms with Gasteiger partial charge in [-0.25, -0.2) is 0 Å². The third kappa shape index (κ3) is 3.48. The molecule has 0 atom stereocenters. The highest BCUT2D eigenvalue weighted by Crippen LogP contribution is 2.21. The lowest BCUT2D eigenvalue weighted by Crippen LogP contribution is -2.31. The van der Waals surface area contributed by atoms with Crippen LogP contribution in [0.2, 0.25) is 0 Å². The number of hydrogen-bond donors (Lipinski definition) is 0. The van der Waals surface area contributed by atoms with Crippen LogP contribution in [0, 0.1) is 6.92 Å². The third-order valence-corrected chi connectivity index (χ3v) is 4.42. The van der Waals surface area contributed by atoms with Crippen LogP contribution >= 0.6 is 15.9 Å². The van der Waals surface area contributed by atoms with E-state index >= 15 is 0 Å². The summed E-state index contributed by atoms with van der Waals surface area (Å²) in [5, 5.41) is 0.936. The molecule has 1 aromatic carbocycles. The van der Waals surface area contributed by atoms with Crippen molar-refractivity contribution in [2.24, 2.45) is 0 Å². The van der Waals surface area contributed by atoms with Gasteiger partial charge in [-0.15, -0.1) is 0 Å². The van der Waals surface area contributed by atoms with E-state index in [0.717, 1.165) is 11.9 Å². The van der Waals surface area contributed by atoms with Crippen LogP contribution in [0.15, 0.2) is 18.2 Å². The molecule has 0 radical (unpaired) electrons. The molecular weight excluding hydrogens is 288 g/mol. The van der Waals surface area contributed by atoms with Crippen molar-refractivity contribution >= 4 is 21.6 Å².